The van der Waals surface area contributed by atoms with Crippen LogP contribution >= 0.6 is 45.2 Å². The van der Waals surface area contributed by atoms with Crippen LogP contribution in [0.5, 0.6) is 0 Å². The second-order valence-electron chi connectivity index (χ2n) is 2.02. The first kappa shape index (κ1) is 8.70. The van der Waals surface area contributed by atoms with Gasteiger partial charge in [0.1, 0.15) is 5.82 Å². The maximum atomic E-state index is 12.9. The van der Waals surface area contributed by atoms with Crippen LogP contribution in [0.25, 0.3) is 0 Å². The Bertz CT molecular complexity index is 235. The molecule has 0 heterocycles. The molecular weight excluding hydrogens is 357 g/mol. The van der Waals surface area contributed by atoms with Crippen LogP contribution in [0, 0.1) is 19.9 Å². The van der Waals surface area contributed by atoms with Crippen LogP contribution in [0.4, 0.5) is 4.39 Å². The predicted molar refractivity (Wildman–Crippen MR) is 56.6 cm³/mol. The molecule has 0 saturated carbocycles. The fourth-order valence-corrected chi connectivity index (χ4v) is 2.82. The maximum absolute atomic E-state index is 12.9. The van der Waals surface area contributed by atoms with Gasteiger partial charge in [0.25, 0.3) is 0 Å². The van der Waals surface area contributed by atoms with E-state index in [-0.39, 0.29) is 5.82 Å². The van der Waals surface area contributed by atoms with Gasteiger partial charge in [-0.3, -0.25) is 0 Å². The Hall–Kier alpha value is 0.610. The van der Waals surface area contributed by atoms with Crippen LogP contribution in [0.15, 0.2) is 12.1 Å². The van der Waals surface area contributed by atoms with Crippen molar-refractivity contribution in [1.29, 1.82) is 0 Å². The normalized spacial score (nSPS) is 10.0. The lowest BCUT2D eigenvalue weighted by Crippen LogP contribution is -1.87. The molecular formula is C7H5FI2. The van der Waals surface area contributed by atoms with Crippen molar-refractivity contribution in [2.75, 3.05) is 0 Å². The second-order valence-corrected chi connectivity index (χ2v) is 4.43. The number of rotatable bonds is 0. The molecule has 0 atom stereocenters. The molecule has 0 spiro atoms. The Morgan fingerprint density at radius 2 is 1.90 bits per heavy atom. The summed E-state index contributed by atoms with van der Waals surface area (Å²) >= 11 is 4.17. The van der Waals surface area contributed by atoms with Crippen molar-refractivity contribution >= 4 is 45.2 Å². The summed E-state index contributed by atoms with van der Waals surface area (Å²) in [7, 11) is 0. The Labute approximate surface area is 86.5 Å². The zero-order valence-electron chi connectivity index (χ0n) is 5.29. The summed E-state index contributed by atoms with van der Waals surface area (Å²) in [6.07, 6.45) is 0. The first-order valence-corrected chi connectivity index (χ1v) is 4.88. The molecule has 0 saturated heterocycles. The van der Waals surface area contributed by atoms with Crippen LogP contribution in [0.3, 0.4) is 0 Å². The topological polar surface area (TPSA) is 0 Å². The quantitative estimate of drug-likeness (QED) is 0.491. The number of aryl methyl sites for hydroxylation is 1. The van der Waals surface area contributed by atoms with E-state index in [1.54, 1.807) is 6.92 Å². The molecule has 3 heteroatoms. The highest BCUT2D eigenvalue weighted by Gasteiger charge is 2.02. The van der Waals surface area contributed by atoms with E-state index in [0.29, 0.717) is 3.57 Å². The van der Waals surface area contributed by atoms with Gasteiger partial charge in [0.2, 0.25) is 0 Å². The van der Waals surface area contributed by atoms with Crippen molar-refractivity contribution < 1.29 is 4.39 Å². The monoisotopic (exact) mass is 362 g/mol. The van der Waals surface area contributed by atoms with Crippen molar-refractivity contribution in [3.05, 3.63) is 30.7 Å². The van der Waals surface area contributed by atoms with Gasteiger partial charge in [0, 0.05) is 3.57 Å². The lowest BCUT2D eigenvalue weighted by atomic mass is 10.2. The molecule has 0 bridgehead atoms. The van der Waals surface area contributed by atoms with E-state index in [9.17, 15) is 4.39 Å². The van der Waals surface area contributed by atoms with Crippen molar-refractivity contribution in [3.63, 3.8) is 0 Å². The SMILES string of the molecule is Cc1cc(I)cc(I)c1F. The first-order valence-electron chi connectivity index (χ1n) is 2.72. The van der Waals surface area contributed by atoms with E-state index in [1.807, 2.05) is 34.7 Å². The summed E-state index contributed by atoms with van der Waals surface area (Å²) in [5.74, 6) is -0.0963. The van der Waals surface area contributed by atoms with E-state index >= 15 is 0 Å². The van der Waals surface area contributed by atoms with Gasteiger partial charge in [0.05, 0.1) is 3.57 Å². The van der Waals surface area contributed by atoms with Gasteiger partial charge in [-0.1, -0.05) is 0 Å². The number of hydrogen-bond acceptors (Lipinski definition) is 0. The van der Waals surface area contributed by atoms with E-state index < -0.39 is 0 Å². The number of hydrogen-bond donors (Lipinski definition) is 0. The van der Waals surface area contributed by atoms with E-state index in [0.717, 1.165) is 9.13 Å². The zero-order valence-corrected chi connectivity index (χ0v) is 9.60. The van der Waals surface area contributed by atoms with E-state index in [4.69, 9.17) is 0 Å². The number of benzene rings is 1. The summed E-state index contributed by atoms with van der Waals surface area (Å²) in [6, 6.07) is 3.65. The second kappa shape index (κ2) is 3.34. The minimum Gasteiger partial charge on any atom is -0.206 e. The Balaban J connectivity index is 3.31. The molecule has 0 aliphatic rings. The molecule has 0 amide bonds. The third-order valence-corrected chi connectivity index (χ3v) is 2.58. The number of halogens is 3. The van der Waals surface area contributed by atoms with Crippen LogP contribution in [0.2, 0.25) is 0 Å². The predicted octanol–water partition coefficient (Wildman–Crippen LogP) is 3.34. The molecule has 0 aliphatic heterocycles. The van der Waals surface area contributed by atoms with Gasteiger partial charge in [-0.2, -0.15) is 0 Å². The third-order valence-electron chi connectivity index (χ3n) is 1.17. The summed E-state index contributed by atoms with van der Waals surface area (Å²) in [5.41, 5.74) is 0.719. The fourth-order valence-electron chi connectivity index (χ4n) is 0.685. The first-order chi connectivity index (χ1) is 4.61. The van der Waals surface area contributed by atoms with Crippen molar-refractivity contribution in [3.8, 4) is 0 Å². The molecule has 0 aliphatic carbocycles. The average molecular weight is 362 g/mol. The fraction of sp³-hybridized carbons (Fsp3) is 0.143. The molecule has 1 aromatic carbocycles. The Kier molecular flexibility index (Phi) is 2.91. The molecule has 1 aromatic rings. The summed E-state index contributed by atoms with van der Waals surface area (Å²) < 4.78 is 14.7. The molecule has 10 heavy (non-hydrogen) atoms. The highest BCUT2D eigenvalue weighted by atomic mass is 127. The Morgan fingerprint density at radius 1 is 1.30 bits per heavy atom. The van der Waals surface area contributed by atoms with Crippen molar-refractivity contribution in [2.45, 2.75) is 6.92 Å². The lowest BCUT2D eigenvalue weighted by Gasteiger charge is -1.98. The van der Waals surface area contributed by atoms with Crippen LogP contribution in [0.1, 0.15) is 5.56 Å². The average Bonchev–Trinajstić information content (AvgIpc) is 1.82. The van der Waals surface area contributed by atoms with Gasteiger partial charge in [-0.15, -0.1) is 0 Å². The Morgan fingerprint density at radius 3 is 2.40 bits per heavy atom. The summed E-state index contributed by atoms with van der Waals surface area (Å²) in [6.45, 7) is 1.78. The minimum absolute atomic E-state index is 0.0963. The van der Waals surface area contributed by atoms with Gasteiger partial charge < -0.3 is 0 Å². The largest absolute Gasteiger partial charge is 0.206 e. The highest BCUT2D eigenvalue weighted by molar-refractivity contribution is 14.1. The van der Waals surface area contributed by atoms with Gasteiger partial charge in [-0.25, -0.2) is 4.39 Å². The van der Waals surface area contributed by atoms with E-state index in [1.165, 1.54) is 0 Å². The van der Waals surface area contributed by atoms with Crippen LogP contribution in [-0.4, -0.2) is 0 Å². The van der Waals surface area contributed by atoms with Gasteiger partial charge in [0.15, 0.2) is 0 Å². The lowest BCUT2D eigenvalue weighted by molar-refractivity contribution is 0.610. The van der Waals surface area contributed by atoms with Gasteiger partial charge in [-0.05, 0) is 69.8 Å². The van der Waals surface area contributed by atoms with Crippen molar-refractivity contribution in [1.82, 2.24) is 0 Å². The summed E-state index contributed by atoms with van der Waals surface area (Å²) in [4.78, 5) is 0. The maximum Gasteiger partial charge on any atom is 0.139 e. The van der Waals surface area contributed by atoms with Gasteiger partial charge >= 0.3 is 0 Å². The minimum atomic E-state index is -0.0963. The standard InChI is InChI=1S/C7H5FI2/c1-4-2-5(9)3-6(10)7(4)8/h2-3H,1H3. The highest BCUT2D eigenvalue weighted by Crippen LogP contribution is 2.18. The third kappa shape index (κ3) is 1.81. The molecule has 1 rings (SSSR count). The summed E-state index contributed by atoms with van der Waals surface area (Å²) in [5, 5.41) is 0. The molecule has 0 fully saturated rings. The van der Waals surface area contributed by atoms with Crippen LogP contribution in [-0.2, 0) is 0 Å². The molecule has 54 valence electrons. The molecule has 0 radical (unpaired) electrons. The van der Waals surface area contributed by atoms with Crippen LogP contribution < -0.4 is 0 Å². The zero-order chi connectivity index (χ0) is 7.72. The van der Waals surface area contributed by atoms with Crippen molar-refractivity contribution in [2.24, 2.45) is 0 Å². The molecule has 0 unspecified atom stereocenters. The molecule has 0 N–H and O–H groups in total. The smallest absolute Gasteiger partial charge is 0.139 e. The molecule has 0 nitrogen and oxygen atoms in total. The van der Waals surface area contributed by atoms with E-state index in [2.05, 4.69) is 22.6 Å². The molecule has 0 aromatic heterocycles.